The summed E-state index contributed by atoms with van der Waals surface area (Å²) in [5, 5.41) is 6.33. The fourth-order valence-electron chi connectivity index (χ4n) is 4.13. The highest BCUT2D eigenvalue weighted by Gasteiger charge is 2.47. The third kappa shape index (κ3) is 4.61. The number of amides is 3. The minimum Gasteiger partial charge on any atom is -0.350 e. The Hall–Kier alpha value is -3.64. The Labute approximate surface area is 197 Å². The number of fused-ring (bicyclic) bond motifs is 1. The highest BCUT2D eigenvalue weighted by Crippen LogP contribution is 2.36. The summed E-state index contributed by atoms with van der Waals surface area (Å²) in [5.74, 6) is -0.684. The van der Waals surface area contributed by atoms with Gasteiger partial charge in [0.05, 0.1) is 0 Å². The first-order valence-electron chi connectivity index (χ1n) is 10.6. The van der Waals surface area contributed by atoms with Gasteiger partial charge in [0, 0.05) is 41.9 Å². The van der Waals surface area contributed by atoms with Crippen LogP contribution in [-0.2, 0) is 22.6 Å². The highest BCUT2D eigenvalue weighted by atomic mass is 35.5. The molecule has 33 heavy (non-hydrogen) atoms. The average Bonchev–Trinajstić information content (AvgIpc) is 2.79. The van der Waals surface area contributed by atoms with Crippen molar-refractivity contribution in [3.8, 4) is 0 Å². The minimum absolute atomic E-state index is 0.183. The Morgan fingerprint density at radius 3 is 2.33 bits per heavy atom. The van der Waals surface area contributed by atoms with Crippen LogP contribution < -0.4 is 15.5 Å². The van der Waals surface area contributed by atoms with E-state index < -0.39 is 5.54 Å². The molecular weight excluding hydrogens is 438 g/mol. The van der Waals surface area contributed by atoms with Crippen molar-refractivity contribution in [1.29, 1.82) is 0 Å². The molecule has 7 heteroatoms. The van der Waals surface area contributed by atoms with Crippen LogP contribution in [0.4, 0.5) is 11.4 Å². The Morgan fingerprint density at radius 1 is 1.00 bits per heavy atom. The first-order valence-corrected chi connectivity index (χ1v) is 11.0. The number of nitrogens with one attached hydrogen (secondary N) is 2. The number of benzene rings is 3. The van der Waals surface area contributed by atoms with Crippen LogP contribution in [-0.4, -0.2) is 23.3 Å². The monoisotopic (exact) mass is 461 g/mol. The number of hydrogen-bond donors (Lipinski definition) is 2. The van der Waals surface area contributed by atoms with E-state index in [1.807, 2.05) is 30.3 Å². The standard InChI is InChI=1S/C26H24ClN3O3/c1-17(31)29-21-11-13-22(14-12-21)30-24(32)23-6-4-3-5-19(23)15-26(30,2)25(33)28-16-18-7-9-20(27)10-8-18/h3-14H,15-16H2,1-2H3,(H,28,33)(H,29,31)/t26-/m0/s1. The van der Waals surface area contributed by atoms with Gasteiger partial charge in [-0.25, -0.2) is 0 Å². The molecule has 0 bridgehead atoms. The third-order valence-corrected chi connectivity index (χ3v) is 6.03. The van der Waals surface area contributed by atoms with Gasteiger partial charge in [-0.05, 0) is 60.5 Å². The average molecular weight is 462 g/mol. The Balaban J connectivity index is 1.67. The van der Waals surface area contributed by atoms with E-state index >= 15 is 0 Å². The number of hydrogen-bond acceptors (Lipinski definition) is 3. The summed E-state index contributed by atoms with van der Waals surface area (Å²) in [6.07, 6.45) is 0.370. The second kappa shape index (κ2) is 9.08. The maximum atomic E-state index is 13.6. The molecule has 6 nitrogen and oxygen atoms in total. The van der Waals surface area contributed by atoms with Crippen molar-refractivity contribution in [2.24, 2.45) is 0 Å². The van der Waals surface area contributed by atoms with E-state index in [2.05, 4.69) is 10.6 Å². The summed E-state index contributed by atoms with van der Waals surface area (Å²) in [5.41, 5.74) is 2.36. The van der Waals surface area contributed by atoms with Gasteiger partial charge in [-0.3, -0.25) is 19.3 Å². The molecule has 0 spiro atoms. The SMILES string of the molecule is CC(=O)Nc1ccc(N2C(=O)c3ccccc3C[C@@]2(C)C(=O)NCc2ccc(Cl)cc2)cc1. The lowest BCUT2D eigenvalue weighted by molar-refractivity contribution is -0.126. The van der Waals surface area contributed by atoms with Crippen LogP contribution in [0.25, 0.3) is 0 Å². The molecule has 0 fully saturated rings. The van der Waals surface area contributed by atoms with Gasteiger partial charge in [-0.2, -0.15) is 0 Å². The summed E-state index contributed by atoms with van der Waals surface area (Å²) in [6.45, 7) is 3.53. The summed E-state index contributed by atoms with van der Waals surface area (Å²) in [7, 11) is 0. The van der Waals surface area contributed by atoms with Crippen LogP contribution in [0.2, 0.25) is 5.02 Å². The molecule has 3 aromatic rings. The molecule has 1 atom stereocenters. The predicted octanol–water partition coefficient (Wildman–Crippen LogP) is 4.58. The van der Waals surface area contributed by atoms with Crippen LogP contribution in [0.1, 0.15) is 35.3 Å². The molecule has 3 amide bonds. The first kappa shape index (κ1) is 22.6. The molecule has 168 valence electrons. The molecule has 0 unspecified atom stereocenters. The fourth-order valence-corrected chi connectivity index (χ4v) is 4.26. The lowest BCUT2D eigenvalue weighted by atomic mass is 9.82. The lowest BCUT2D eigenvalue weighted by Gasteiger charge is -2.44. The van der Waals surface area contributed by atoms with Crippen molar-refractivity contribution in [3.05, 3.63) is 94.5 Å². The predicted molar refractivity (Wildman–Crippen MR) is 129 cm³/mol. The topological polar surface area (TPSA) is 78.5 Å². The van der Waals surface area contributed by atoms with E-state index in [0.29, 0.717) is 34.9 Å². The van der Waals surface area contributed by atoms with Gasteiger partial charge in [0.1, 0.15) is 5.54 Å². The van der Waals surface area contributed by atoms with Gasteiger partial charge in [-0.15, -0.1) is 0 Å². The molecule has 1 aliphatic heterocycles. The zero-order valence-electron chi connectivity index (χ0n) is 18.4. The van der Waals surface area contributed by atoms with Gasteiger partial charge < -0.3 is 10.6 Å². The molecule has 0 radical (unpaired) electrons. The van der Waals surface area contributed by atoms with E-state index in [1.165, 1.54) is 6.92 Å². The second-order valence-corrected chi connectivity index (χ2v) is 8.72. The van der Waals surface area contributed by atoms with E-state index in [-0.39, 0.29) is 17.7 Å². The van der Waals surface area contributed by atoms with E-state index in [0.717, 1.165) is 11.1 Å². The molecular formula is C26H24ClN3O3. The van der Waals surface area contributed by atoms with E-state index in [4.69, 9.17) is 11.6 Å². The van der Waals surface area contributed by atoms with Crippen LogP contribution >= 0.6 is 11.6 Å². The zero-order valence-corrected chi connectivity index (χ0v) is 19.1. The maximum absolute atomic E-state index is 13.6. The van der Waals surface area contributed by atoms with Crippen LogP contribution in [0, 0.1) is 0 Å². The number of halogens is 1. The molecule has 4 rings (SSSR count). The van der Waals surface area contributed by atoms with Gasteiger partial charge in [0.2, 0.25) is 11.8 Å². The number of carbonyl (C=O) groups is 3. The number of nitrogens with zero attached hydrogens (tertiary/aromatic N) is 1. The fraction of sp³-hybridized carbons (Fsp3) is 0.192. The first-order chi connectivity index (χ1) is 15.8. The Morgan fingerprint density at radius 2 is 1.67 bits per heavy atom. The number of carbonyl (C=O) groups excluding carboxylic acids is 3. The molecule has 0 aromatic heterocycles. The molecule has 3 aromatic carbocycles. The summed E-state index contributed by atoms with van der Waals surface area (Å²) in [6, 6.07) is 21.5. The molecule has 0 aliphatic carbocycles. The van der Waals surface area contributed by atoms with Crippen molar-refractivity contribution in [3.63, 3.8) is 0 Å². The maximum Gasteiger partial charge on any atom is 0.259 e. The van der Waals surface area contributed by atoms with Crippen molar-refractivity contribution in [1.82, 2.24) is 5.32 Å². The molecule has 1 heterocycles. The largest absolute Gasteiger partial charge is 0.350 e. The minimum atomic E-state index is -1.15. The quantitative estimate of drug-likeness (QED) is 0.584. The van der Waals surface area contributed by atoms with Crippen LogP contribution in [0.5, 0.6) is 0 Å². The smallest absolute Gasteiger partial charge is 0.259 e. The number of rotatable bonds is 5. The van der Waals surface area contributed by atoms with Crippen molar-refractivity contribution in [2.45, 2.75) is 32.4 Å². The molecule has 0 saturated heterocycles. The summed E-state index contributed by atoms with van der Waals surface area (Å²) < 4.78 is 0. The Bertz CT molecular complexity index is 1210. The zero-order chi connectivity index (χ0) is 23.6. The van der Waals surface area contributed by atoms with Crippen LogP contribution in [0.15, 0.2) is 72.8 Å². The van der Waals surface area contributed by atoms with E-state index in [9.17, 15) is 14.4 Å². The van der Waals surface area contributed by atoms with Gasteiger partial charge >= 0.3 is 0 Å². The van der Waals surface area contributed by atoms with E-state index in [1.54, 1.807) is 54.3 Å². The van der Waals surface area contributed by atoms with Gasteiger partial charge in [0.25, 0.3) is 5.91 Å². The van der Waals surface area contributed by atoms with Crippen molar-refractivity contribution >= 4 is 40.7 Å². The molecule has 2 N–H and O–H groups in total. The summed E-state index contributed by atoms with van der Waals surface area (Å²) >= 11 is 5.95. The molecule has 1 aliphatic rings. The lowest BCUT2D eigenvalue weighted by Crippen LogP contribution is -2.63. The second-order valence-electron chi connectivity index (χ2n) is 8.29. The van der Waals surface area contributed by atoms with Crippen LogP contribution in [0.3, 0.4) is 0 Å². The van der Waals surface area contributed by atoms with Gasteiger partial charge in [-0.1, -0.05) is 41.9 Å². The Kier molecular flexibility index (Phi) is 6.20. The summed E-state index contributed by atoms with van der Waals surface area (Å²) in [4.78, 5) is 40.0. The van der Waals surface area contributed by atoms with Crippen molar-refractivity contribution in [2.75, 3.05) is 10.2 Å². The third-order valence-electron chi connectivity index (χ3n) is 5.78. The highest BCUT2D eigenvalue weighted by molar-refractivity contribution is 6.30. The van der Waals surface area contributed by atoms with Gasteiger partial charge in [0.15, 0.2) is 0 Å². The number of anilines is 2. The normalized spacial score (nSPS) is 17.3. The van der Waals surface area contributed by atoms with Crippen molar-refractivity contribution < 1.29 is 14.4 Å². The molecule has 0 saturated carbocycles.